The summed E-state index contributed by atoms with van der Waals surface area (Å²) in [7, 11) is 0. The van der Waals surface area contributed by atoms with Gasteiger partial charge in [-0.3, -0.25) is 4.79 Å². The van der Waals surface area contributed by atoms with Crippen LogP contribution in [0.1, 0.15) is 38.3 Å². The Kier molecular flexibility index (Phi) is 6.21. The molecule has 0 radical (unpaired) electrons. The van der Waals surface area contributed by atoms with Crippen molar-refractivity contribution in [2.24, 2.45) is 5.41 Å². The second kappa shape index (κ2) is 8.80. The number of hydrogen-bond acceptors (Lipinski definition) is 2. The lowest BCUT2D eigenvalue weighted by Crippen LogP contribution is -2.27. The molecule has 0 unspecified atom stereocenters. The summed E-state index contributed by atoms with van der Waals surface area (Å²) in [5.74, 6) is 6.48. The van der Waals surface area contributed by atoms with E-state index >= 15 is 0 Å². The predicted molar refractivity (Wildman–Crippen MR) is 117 cm³/mol. The molecule has 0 aromatic heterocycles. The van der Waals surface area contributed by atoms with E-state index in [4.69, 9.17) is 0 Å². The second-order valence-electron chi connectivity index (χ2n) is 8.14. The molecule has 3 rings (SSSR count). The largest absolute Gasteiger partial charge is 0.363 e. The van der Waals surface area contributed by atoms with Crippen LogP contribution in [-0.2, 0) is 17.8 Å². The maximum atomic E-state index is 11.8. The molecular weight excluding hydrogens is 344 g/mol. The first kappa shape index (κ1) is 19.8. The minimum Gasteiger partial charge on any atom is -0.363 e. The van der Waals surface area contributed by atoms with Gasteiger partial charge in [-0.15, -0.1) is 0 Å². The number of nitrogens with zero attached hydrogens (tertiary/aromatic N) is 1. The van der Waals surface area contributed by atoms with Gasteiger partial charge in [0.2, 0.25) is 5.91 Å². The molecule has 0 aliphatic carbocycles. The molecule has 0 atom stereocenters. The zero-order valence-electron chi connectivity index (χ0n) is 17.0. The summed E-state index contributed by atoms with van der Waals surface area (Å²) in [5.41, 5.74) is 4.59. The van der Waals surface area contributed by atoms with E-state index in [0.717, 1.165) is 25.2 Å². The van der Waals surface area contributed by atoms with Crippen molar-refractivity contribution in [3.63, 3.8) is 0 Å². The highest BCUT2D eigenvalue weighted by Crippen LogP contribution is 2.32. The van der Waals surface area contributed by atoms with Gasteiger partial charge >= 0.3 is 0 Å². The van der Waals surface area contributed by atoms with Gasteiger partial charge in [-0.05, 0) is 56.5 Å². The van der Waals surface area contributed by atoms with Gasteiger partial charge in [0.25, 0.3) is 0 Å². The number of carbonyl (C=O) groups excluding carboxylic acids is 1. The van der Waals surface area contributed by atoms with Gasteiger partial charge in [0.1, 0.15) is 0 Å². The molecule has 144 valence electrons. The molecule has 1 amide bonds. The van der Waals surface area contributed by atoms with Gasteiger partial charge in [0.05, 0.1) is 0 Å². The molecule has 2 aromatic carbocycles. The average molecular weight is 373 g/mol. The summed E-state index contributed by atoms with van der Waals surface area (Å²) >= 11 is 0. The molecule has 0 bridgehead atoms. The van der Waals surface area contributed by atoms with Gasteiger partial charge < -0.3 is 10.2 Å². The van der Waals surface area contributed by atoms with Crippen molar-refractivity contribution in [3.05, 3.63) is 71.8 Å². The number of allylic oxidation sites excluding steroid dienone is 1. The van der Waals surface area contributed by atoms with Crippen LogP contribution in [-0.4, -0.2) is 12.5 Å². The lowest BCUT2D eigenvalue weighted by atomic mass is 9.98. The highest BCUT2D eigenvalue weighted by Gasteiger charge is 2.20. The molecule has 2 aromatic rings. The van der Waals surface area contributed by atoms with Crippen molar-refractivity contribution in [2.45, 2.75) is 40.2 Å². The number of rotatable bonds is 5. The van der Waals surface area contributed by atoms with E-state index in [1.807, 2.05) is 24.3 Å². The number of carbonyl (C=O) groups is 1. The molecule has 28 heavy (non-hydrogen) atoms. The first-order chi connectivity index (χ1) is 13.4. The molecule has 3 heteroatoms. The Balaban J connectivity index is 1.86. The summed E-state index contributed by atoms with van der Waals surface area (Å²) in [6, 6.07) is 16.6. The molecule has 0 saturated heterocycles. The van der Waals surface area contributed by atoms with Crippen molar-refractivity contribution in [2.75, 3.05) is 16.8 Å². The Labute approximate surface area is 168 Å². The monoisotopic (exact) mass is 372 g/mol. The number of amides is 1. The Morgan fingerprint density at radius 3 is 2.61 bits per heavy atom. The number of anilines is 2. The van der Waals surface area contributed by atoms with Crippen LogP contribution in [0, 0.1) is 17.3 Å². The predicted octanol–water partition coefficient (Wildman–Crippen LogP) is 5.18. The molecule has 1 heterocycles. The van der Waals surface area contributed by atoms with Crippen LogP contribution in [0.5, 0.6) is 0 Å². The van der Waals surface area contributed by atoms with Crippen LogP contribution in [0.25, 0.3) is 0 Å². The van der Waals surface area contributed by atoms with E-state index in [0.29, 0.717) is 6.42 Å². The minimum atomic E-state index is 0.00474. The van der Waals surface area contributed by atoms with Crippen molar-refractivity contribution in [3.8, 4) is 11.8 Å². The van der Waals surface area contributed by atoms with Gasteiger partial charge in [0, 0.05) is 36.3 Å². The van der Waals surface area contributed by atoms with E-state index in [1.54, 1.807) is 0 Å². The van der Waals surface area contributed by atoms with Gasteiger partial charge in [-0.2, -0.15) is 0 Å². The minimum absolute atomic E-state index is 0.00474. The van der Waals surface area contributed by atoms with E-state index < -0.39 is 0 Å². The number of benzene rings is 2. The highest BCUT2D eigenvalue weighted by atomic mass is 16.1. The van der Waals surface area contributed by atoms with Crippen LogP contribution in [0.2, 0.25) is 0 Å². The molecule has 1 aliphatic rings. The van der Waals surface area contributed by atoms with Crippen LogP contribution in [0.15, 0.2) is 60.7 Å². The molecular formula is C25H28N2O. The van der Waals surface area contributed by atoms with E-state index in [9.17, 15) is 4.79 Å². The van der Waals surface area contributed by atoms with Gasteiger partial charge in [-0.25, -0.2) is 0 Å². The van der Waals surface area contributed by atoms with E-state index in [1.165, 1.54) is 16.8 Å². The zero-order valence-corrected chi connectivity index (χ0v) is 17.0. The summed E-state index contributed by atoms with van der Waals surface area (Å²) in [6.45, 7) is 7.90. The fraction of sp³-hybridized carbons (Fsp3) is 0.320. The molecule has 3 nitrogen and oxygen atoms in total. The average Bonchev–Trinajstić information content (AvgIpc) is 2.66. The maximum Gasteiger partial charge on any atom is 0.224 e. The van der Waals surface area contributed by atoms with Crippen molar-refractivity contribution in [1.29, 1.82) is 0 Å². The third-order valence-electron chi connectivity index (χ3n) is 4.56. The fourth-order valence-electron chi connectivity index (χ4n) is 3.25. The van der Waals surface area contributed by atoms with Crippen LogP contribution in [0.3, 0.4) is 0 Å². The first-order valence-electron chi connectivity index (χ1n) is 9.81. The fourth-order valence-corrected chi connectivity index (χ4v) is 3.25. The Hall–Kier alpha value is -2.99. The van der Waals surface area contributed by atoms with Crippen LogP contribution in [0.4, 0.5) is 11.4 Å². The molecule has 0 fully saturated rings. The normalized spacial score (nSPS) is 13.5. The maximum absolute atomic E-state index is 11.8. The molecule has 1 N–H and O–H groups in total. The molecule has 0 spiro atoms. The van der Waals surface area contributed by atoms with Crippen molar-refractivity contribution in [1.82, 2.24) is 0 Å². The summed E-state index contributed by atoms with van der Waals surface area (Å²) < 4.78 is 0. The lowest BCUT2D eigenvalue weighted by Gasteiger charge is -2.29. The van der Waals surface area contributed by atoms with Crippen LogP contribution >= 0.6 is 0 Å². The molecule has 0 saturated carbocycles. The standard InChI is InChI=1S/C25H28N2O/c1-25(2,3)17-8-5-9-18-27(19-20-11-6-4-7-12-20)23-14-10-13-22-21(23)15-16-24(28)26-22/h4-7,9-14H,15-16,18-19H2,1-3H3,(H,26,28)/b9-5+. The lowest BCUT2D eigenvalue weighted by molar-refractivity contribution is -0.116. The number of hydrogen-bond donors (Lipinski definition) is 1. The highest BCUT2D eigenvalue weighted by molar-refractivity contribution is 5.95. The van der Waals surface area contributed by atoms with Crippen LogP contribution < -0.4 is 10.2 Å². The van der Waals surface area contributed by atoms with Gasteiger partial charge in [0.15, 0.2) is 0 Å². The number of fused-ring (bicyclic) bond motifs is 1. The zero-order chi connectivity index (χ0) is 20.0. The quantitative estimate of drug-likeness (QED) is 0.733. The topological polar surface area (TPSA) is 32.3 Å². The Bertz CT molecular complexity index is 911. The summed E-state index contributed by atoms with van der Waals surface area (Å²) in [4.78, 5) is 14.1. The SMILES string of the molecule is CC(C)(C)C#C/C=C/CN(Cc1ccccc1)c1cccc2c1CCC(=O)N2. The van der Waals surface area contributed by atoms with E-state index in [-0.39, 0.29) is 11.3 Å². The Morgan fingerprint density at radius 2 is 1.86 bits per heavy atom. The van der Waals surface area contributed by atoms with Gasteiger partial charge in [-0.1, -0.05) is 54.3 Å². The van der Waals surface area contributed by atoms with E-state index in [2.05, 4.69) is 79.2 Å². The Morgan fingerprint density at radius 1 is 1.07 bits per heavy atom. The number of nitrogens with one attached hydrogen (secondary N) is 1. The summed E-state index contributed by atoms with van der Waals surface area (Å²) in [5, 5.41) is 3.01. The third-order valence-corrected chi connectivity index (χ3v) is 4.56. The smallest absolute Gasteiger partial charge is 0.224 e. The molecule has 1 aliphatic heterocycles. The second-order valence-corrected chi connectivity index (χ2v) is 8.14. The van der Waals surface area contributed by atoms with Crippen molar-refractivity contribution < 1.29 is 4.79 Å². The first-order valence-corrected chi connectivity index (χ1v) is 9.81. The summed E-state index contributed by atoms with van der Waals surface area (Å²) in [6.07, 6.45) is 5.37. The van der Waals surface area contributed by atoms with Crippen molar-refractivity contribution >= 4 is 17.3 Å². The third kappa shape index (κ3) is 5.50.